The van der Waals surface area contributed by atoms with Crippen LogP contribution >= 0.6 is 0 Å². The Morgan fingerprint density at radius 3 is 2.72 bits per heavy atom. The predicted octanol–water partition coefficient (Wildman–Crippen LogP) is 2.39. The zero-order valence-corrected chi connectivity index (χ0v) is 16.8. The highest BCUT2D eigenvalue weighted by Crippen LogP contribution is 2.18. The fraction of sp³-hybridized carbons (Fsp3) is 0.429. The van der Waals surface area contributed by atoms with E-state index >= 15 is 0 Å². The first-order chi connectivity index (χ1) is 14.1. The SMILES string of the molecule is CC(C)COc1cc(N2CCN(CC(=O)c3nc4ccccc4[nH]3)CC2)ncn1. The second-order valence-electron chi connectivity index (χ2n) is 7.71. The van der Waals surface area contributed by atoms with E-state index in [2.05, 4.69) is 43.6 Å². The molecule has 152 valence electrons. The maximum absolute atomic E-state index is 12.6. The van der Waals surface area contributed by atoms with Crippen molar-refractivity contribution in [1.29, 1.82) is 0 Å². The normalized spacial score (nSPS) is 15.2. The van der Waals surface area contributed by atoms with E-state index in [9.17, 15) is 4.79 Å². The van der Waals surface area contributed by atoms with Gasteiger partial charge in [-0.25, -0.2) is 15.0 Å². The van der Waals surface area contributed by atoms with E-state index in [4.69, 9.17) is 4.74 Å². The molecule has 0 saturated carbocycles. The van der Waals surface area contributed by atoms with Crippen LogP contribution in [-0.4, -0.2) is 69.9 Å². The minimum Gasteiger partial charge on any atom is -0.477 e. The van der Waals surface area contributed by atoms with Crippen molar-refractivity contribution < 1.29 is 9.53 Å². The number of rotatable bonds is 7. The van der Waals surface area contributed by atoms with Crippen molar-refractivity contribution in [3.05, 3.63) is 42.5 Å². The molecule has 3 aromatic rings. The van der Waals surface area contributed by atoms with E-state index in [1.165, 1.54) is 0 Å². The fourth-order valence-corrected chi connectivity index (χ4v) is 3.33. The molecule has 0 amide bonds. The lowest BCUT2D eigenvalue weighted by molar-refractivity contribution is 0.0917. The van der Waals surface area contributed by atoms with Gasteiger partial charge >= 0.3 is 0 Å². The number of ether oxygens (including phenoxy) is 1. The summed E-state index contributed by atoms with van der Waals surface area (Å²) in [7, 11) is 0. The van der Waals surface area contributed by atoms with Gasteiger partial charge in [0.05, 0.1) is 24.2 Å². The van der Waals surface area contributed by atoms with Crippen LogP contribution < -0.4 is 9.64 Å². The molecule has 0 radical (unpaired) electrons. The standard InChI is InChI=1S/C21H26N6O2/c1-15(2)13-29-20-11-19(22-14-23-20)27-9-7-26(8-10-27)12-18(28)21-24-16-5-3-4-6-17(16)25-21/h3-6,11,14-15H,7-10,12-13H2,1-2H3,(H,24,25). The molecular formula is C21H26N6O2. The molecule has 0 unspecified atom stereocenters. The van der Waals surface area contributed by atoms with Crippen molar-refractivity contribution in [2.45, 2.75) is 13.8 Å². The van der Waals surface area contributed by atoms with Crippen LogP contribution in [0.5, 0.6) is 5.88 Å². The second kappa shape index (κ2) is 8.57. The van der Waals surface area contributed by atoms with Gasteiger partial charge < -0.3 is 14.6 Å². The minimum absolute atomic E-state index is 0.0149. The van der Waals surface area contributed by atoms with Crippen molar-refractivity contribution in [2.75, 3.05) is 44.2 Å². The molecule has 1 fully saturated rings. The minimum atomic E-state index is 0.0149. The third-order valence-corrected chi connectivity index (χ3v) is 4.91. The Balaban J connectivity index is 1.32. The number of hydrogen-bond donors (Lipinski definition) is 1. The lowest BCUT2D eigenvalue weighted by atomic mass is 10.2. The number of aromatic nitrogens is 4. The molecule has 1 aliphatic rings. The number of benzene rings is 1. The average molecular weight is 394 g/mol. The summed E-state index contributed by atoms with van der Waals surface area (Å²) in [6, 6.07) is 9.57. The molecule has 1 N–H and O–H groups in total. The average Bonchev–Trinajstić information content (AvgIpc) is 3.17. The van der Waals surface area contributed by atoms with E-state index in [1.54, 1.807) is 6.33 Å². The fourth-order valence-electron chi connectivity index (χ4n) is 3.33. The Morgan fingerprint density at radius 1 is 1.17 bits per heavy atom. The number of fused-ring (bicyclic) bond motifs is 1. The van der Waals surface area contributed by atoms with Gasteiger partial charge in [0.25, 0.3) is 0 Å². The van der Waals surface area contributed by atoms with Crippen molar-refractivity contribution >= 4 is 22.6 Å². The highest BCUT2D eigenvalue weighted by molar-refractivity contribution is 5.97. The van der Waals surface area contributed by atoms with Crippen LogP contribution in [0.25, 0.3) is 11.0 Å². The van der Waals surface area contributed by atoms with Gasteiger partial charge in [0.15, 0.2) is 5.82 Å². The largest absolute Gasteiger partial charge is 0.477 e. The molecule has 0 aliphatic carbocycles. The second-order valence-corrected chi connectivity index (χ2v) is 7.71. The lowest BCUT2D eigenvalue weighted by Gasteiger charge is -2.34. The Morgan fingerprint density at radius 2 is 1.97 bits per heavy atom. The van der Waals surface area contributed by atoms with Crippen LogP contribution in [0.4, 0.5) is 5.82 Å². The smallest absolute Gasteiger partial charge is 0.218 e. The van der Waals surface area contributed by atoms with Crippen LogP contribution in [0, 0.1) is 5.92 Å². The monoisotopic (exact) mass is 394 g/mol. The number of nitrogens with zero attached hydrogens (tertiary/aromatic N) is 5. The molecule has 29 heavy (non-hydrogen) atoms. The molecule has 0 atom stereocenters. The van der Waals surface area contributed by atoms with Gasteiger partial charge in [0, 0.05) is 32.2 Å². The third kappa shape index (κ3) is 4.71. The molecule has 8 nitrogen and oxygen atoms in total. The number of para-hydroxylation sites is 2. The first-order valence-corrected chi connectivity index (χ1v) is 9.98. The molecule has 0 bridgehead atoms. The van der Waals surface area contributed by atoms with E-state index in [0.717, 1.165) is 43.0 Å². The van der Waals surface area contributed by atoms with Gasteiger partial charge in [-0.2, -0.15) is 0 Å². The Kier molecular flexibility index (Phi) is 5.71. The number of Topliss-reactive ketones (excluding diaryl/α,β-unsaturated/α-hetero) is 1. The molecule has 4 rings (SSSR count). The van der Waals surface area contributed by atoms with Crippen molar-refractivity contribution in [1.82, 2.24) is 24.8 Å². The van der Waals surface area contributed by atoms with E-state index in [-0.39, 0.29) is 5.78 Å². The van der Waals surface area contributed by atoms with Crippen molar-refractivity contribution in [3.8, 4) is 5.88 Å². The molecule has 3 heterocycles. The first-order valence-electron chi connectivity index (χ1n) is 9.98. The van der Waals surface area contributed by atoms with E-state index < -0.39 is 0 Å². The Hall–Kier alpha value is -3.00. The summed E-state index contributed by atoms with van der Waals surface area (Å²) in [6.07, 6.45) is 1.54. The van der Waals surface area contributed by atoms with Gasteiger partial charge in [-0.05, 0) is 18.1 Å². The number of ketones is 1. The lowest BCUT2D eigenvalue weighted by Crippen LogP contribution is -2.48. The van der Waals surface area contributed by atoms with Crippen LogP contribution in [0.15, 0.2) is 36.7 Å². The highest BCUT2D eigenvalue weighted by atomic mass is 16.5. The van der Waals surface area contributed by atoms with Crippen molar-refractivity contribution in [2.24, 2.45) is 5.92 Å². The van der Waals surface area contributed by atoms with Crippen LogP contribution in [0.2, 0.25) is 0 Å². The number of imidazole rings is 1. The van der Waals surface area contributed by atoms with Crippen LogP contribution in [0.1, 0.15) is 24.5 Å². The number of H-pyrrole nitrogens is 1. The number of aromatic amines is 1. The zero-order chi connectivity index (χ0) is 20.2. The molecule has 8 heteroatoms. The van der Waals surface area contributed by atoms with Crippen LogP contribution in [-0.2, 0) is 0 Å². The van der Waals surface area contributed by atoms with Gasteiger partial charge in [-0.15, -0.1) is 0 Å². The van der Waals surface area contributed by atoms with Gasteiger partial charge in [-0.3, -0.25) is 9.69 Å². The summed E-state index contributed by atoms with van der Waals surface area (Å²) in [5.41, 5.74) is 1.71. The summed E-state index contributed by atoms with van der Waals surface area (Å²) in [4.78, 5) is 33.1. The van der Waals surface area contributed by atoms with E-state index in [0.29, 0.717) is 30.8 Å². The number of carbonyl (C=O) groups excluding carboxylic acids is 1. The molecule has 2 aromatic heterocycles. The molecule has 1 saturated heterocycles. The van der Waals surface area contributed by atoms with E-state index in [1.807, 2.05) is 30.3 Å². The maximum atomic E-state index is 12.6. The summed E-state index contributed by atoms with van der Waals surface area (Å²) < 4.78 is 5.70. The van der Waals surface area contributed by atoms with Gasteiger partial charge in [0.1, 0.15) is 12.1 Å². The highest BCUT2D eigenvalue weighted by Gasteiger charge is 2.22. The zero-order valence-electron chi connectivity index (χ0n) is 16.8. The summed E-state index contributed by atoms with van der Waals surface area (Å²) in [5, 5.41) is 0. The Labute approximate surface area is 169 Å². The summed E-state index contributed by atoms with van der Waals surface area (Å²) in [6.45, 7) is 8.38. The van der Waals surface area contributed by atoms with Crippen molar-refractivity contribution in [3.63, 3.8) is 0 Å². The predicted molar refractivity (Wildman–Crippen MR) is 111 cm³/mol. The summed E-state index contributed by atoms with van der Waals surface area (Å²) >= 11 is 0. The van der Waals surface area contributed by atoms with Gasteiger partial charge in [0.2, 0.25) is 11.7 Å². The number of piperazine rings is 1. The Bertz CT molecular complexity index is 945. The maximum Gasteiger partial charge on any atom is 0.218 e. The van der Waals surface area contributed by atoms with Gasteiger partial charge in [-0.1, -0.05) is 26.0 Å². The molecule has 0 spiro atoms. The third-order valence-electron chi connectivity index (χ3n) is 4.91. The molecule has 1 aliphatic heterocycles. The number of nitrogens with one attached hydrogen (secondary N) is 1. The number of carbonyl (C=O) groups is 1. The number of anilines is 1. The van der Waals surface area contributed by atoms with Crippen LogP contribution in [0.3, 0.4) is 0 Å². The molecule has 1 aromatic carbocycles. The first kappa shape index (κ1) is 19.3. The topological polar surface area (TPSA) is 87.2 Å². The summed E-state index contributed by atoms with van der Waals surface area (Å²) in [5.74, 6) is 2.35. The quantitative estimate of drug-likeness (QED) is 0.616. The molecular weight excluding hydrogens is 368 g/mol. The number of hydrogen-bond acceptors (Lipinski definition) is 7.